The highest BCUT2D eigenvalue weighted by molar-refractivity contribution is 4.87. The first-order chi connectivity index (χ1) is 5.29. The molecule has 0 heterocycles. The Morgan fingerprint density at radius 3 is 2.91 bits per heavy atom. The molecule has 0 aliphatic heterocycles. The van der Waals surface area contributed by atoms with Gasteiger partial charge in [-0.15, -0.1) is 0 Å². The third-order valence-electron chi connectivity index (χ3n) is 1.61. The van der Waals surface area contributed by atoms with Crippen molar-refractivity contribution in [1.29, 1.82) is 0 Å². The van der Waals surface area contributed by atoms with Crippen molar-refractivity contribution in [2.24, 2.45) is 0 Å². The van der Waals surface area contributed by atoms with Crippen LogP contribution in [-0.4, -0.2) is 25.8 Å². The van der Waals surface area contributed by atoms with E-state index < -0.39 is 0 Å². The monoisotopic (exact) mass is 155 g/mol. The Morgan fingerprint density at radius 2 is 2.36 bits per heavy atom. The van der Waals surface area contributed by atoms with E-state index >= 15 is 0 Å². The van der Waals surface area contributed by atoms with Gasteiger partial charge in [-0.1, -0.05) is 12.2 Å². The Hall–Kier alpha value is -0.340. The van der Waals surface area contributed by atoms with Gasteiger partial charge in [-0.05, 0) is 19.8 Å². The number of ether oxygens (including phenoxy) is 1. The van der Waals surface area contributed by atoms with E-state index in [9.17, 15) is 0 Å². The third kappa shape index (κ3) is 4.99. The summed E-state index contributed by atoms with van der Waals surface area (Å²) in [6.07, 6.45) is 2.70. The Kier molecular flexibility index (Phi) is 3.60. The smallest absolute Gasteiger partial charge is 0.0672 e. The van der Waals surface area contributed by atoms with Gasteiger partial charge in [0.05, 0.1) is 13.2 Å². The molecular weight excluding hydrogens is 138 g/mol. The van der Waals surface area contributed by atoms with Gasteiger partial charge < -0.3 is 10.1 Å². The zero-order valence-electron chi connectivity index (χ0n) is 7.23. The second-order valence-corrected chi connectivity index (χ2v) is 3.24. The van der Waals surface area contributed by atoms with Crippen LogP contribution in [0.2, 0.25) is 0 Å². The lowest BCUT2D eigenvalue weighted by Gasteiger charge is -2.03. The fourth-order valence-electron chi connectivity index (χ4n) is 0.869. The highest BCUT2D eigenvalue weighted by Gasteiger charge is 2.19. The summed E-state index contributed by atoms with van der Waals surface area (Å²) in [5.41, 5.74) is 1.09. The van der Waals surface area contributed by atoms with Crippen LogP contribution in [0.5, 0.6) is 0 Å². The SMILES string of the molecule is C=C(C)COCCNC1CC1. The molecule has 1 aliphatic carbocycles. The standard InChI is InChI=1S/C9H17NO/c1-8(2)7-11-6-5-10-9-3-4-9/h9-10H,1,3-7H2,2H3. The molecule has 0 spiro atoms. The summed E-state index contributed by atoms with van der Waals surface area (Å²) < 4.78 is 5.31. The highest BCUT2D eigenvalue weighted by Crippen LogP contribution is 2.17. The van der Waals surface area contributed by atoms with Crippen LogP contribution in [0.25, 0.3) is 0 Å². The van der Waals surface area contributed by atoms with Crippen LogP contribution in [0.1, 0.15) is 19.8 Å². The summed E-state index contributed by atoms with van der Waals surface area (Å²) in [6, 6.07) is 0.795. The van der Waals surface area contributed by atoms with E-state index in [4.69, 9.17) is 4.74 Å². The zero-order chi connectivity index (χ0) is 8.10. The molecule has 1 saturated carbocycles. The largest absolute Gasteiger partial charge is 0.376 e. The third-order valence-corrected chi connectivity index (χ3v) is 1.61. The fraction of sp³-hybridized carbons (Fsp3) is 0.778. The first-order valence-electron chi connectivity index (χ1n) is 4.24. The summed E-state index contributed by atoms with van der Waals surface area (Å²) in [7, 11) is 0. The van der Waals surface area contributed by atoms with Crippen molar-refractivity contribution in [2.45, 2.75) is 25.8 Å². The van der Waals surface area contributed by atoms with E-state index in [0.29, 0.717) is 6.61 Å². The van der Waals surface area contributed by atoms with Crippen LogP contribution in [-0.2, 0) is 4.74 Å². The second-order valence-electron chi connectivity index (χ2n) is 3.24. The Labute approximate surface area is 68.6 Å². The molecule has 0 atom stereocenters. The lowest BCUT2D eigenvalue weighted by molar-refractivity contribution is 0.157. The maximum atomic E-state index is 5.31. The number of nitrogens with one attached hydrogen (secondary N) is 1. The van der Waals surface area contributed by atoms with Crippen molar-refractivity contribution in [3.63, 3.8) is 0 Å². The molecule has 64 valence electrons. The van der Waals surface area contributed by atoms with Gasteiger partial charge in [0, 0.05) is 12.6 Å². The topological polar surface area (TPSA) is 21.3 Å². The first kappa shape index (κ1) is 8.75. The van der Waals surface area contributed by atoms with Crippen molar-refractivity contribution in [3.8, 4) is 0 Å². The van der Waals surface area contributed by atoms with Crippen molar-refractivity contribution in [2.75, 3.05) is 19.8 Å². The molecule has 0 unspecified atom stereocenters. The predicted molar refractivity (Wildman–Crippen MR) is 46.7 cm³/mol. The normalized spacial score (nSPS) is 16.8. The summed E-state index contributed by atoms with van der Waals surface area (Å²) in [6.45, 7) is 8.23. The van der Waals surface area contributed by atoms with E-state index in [0.717, 1.165) is 24.8 Å². The number of hydrogen-bond acceptors (Lipinski definition) is 2. The van der Waals surface area contributed by atoms with Gasteiger partial charge in [0.15, 0.2) is 0 Å². The average molecular weight is 155 g/mol. The molecule has 0 bridgehead atoms. The summed E-state index contributed by atoms with van der Waals surface area (Å²) in [5.74, 6) is 0. The van der Waals surface area contributed by atoms with Gasteiger partial charge in [-0.3, -0.25) is 0 Å². The molecular formula is C9H17NO. The van der Waals surface area contributed by atoms with Crippen LogP contribution < -0.4 is 5.32 Å². The van der Waals surface area contributed by atoms with Gasteiger partial charge in [-0.25, -0.2) is 0 Å². The molecule has 1 rings (SSSR count). The number of rotatable bonds is 6. The Balaban J connectivity index is 1.76. The van der Waals surface area contributed by atoms with E-state index in [2.05, 4.69) is 11.9 Å². The van der Waals surface area contributed by atoms with Crippen molar-refractivity contribution >= 4 is 0 Å². The molecule has 0 aromatic rings. The van der Waals surface area contributed by atoms with Gasteiger partial charge in [0.1, 0.15) is 0 Å². The molecule has 0 amide bonds. The Morgan fingerprint density at radius 1 is 1.64 bits per heavy atom. The molecule has 11 heavy (non-hydrogen) atoms. The van der Waals surface area contributed by atoms with Gasteiger partial charge in [-0.2, -0.15) is 0 Å². The summed E-state index contributed by atoms with van der Waals surface area (Å²) >= 11 is 0. The fourth-order valence-corrected chi connectivity index (χ4v) is 0.869. The molecule has 0 aromatic carbocycles. The Bertz CT molecular complexity index is 130. The van der Waals surface area contributed by atoms with E-state index in [1.165, 1.54) is 12.8 Å². The van der Waals surface area contributed by atoms with Crippen molar-refractivity contribution in [3.05, 3.63) is 12.2 Å². The van der Waals surface area contributed by atoms with Crippen molar-refractivity contribution in [1.82, 2.24) is 5.32 Å². The van der Waals surface area contributed by atoms with Crippen LogP contribution >= 0.6 is 0 Å². The minimum Gasteiger partial charge on any atom is -0.376 e. The lowest BCUT2D eigenvalue weighted by atomic mass is 10.4. The summed E-state index contributed by atoms with van der Waals surface area (Å²) in [4.78, 5) is 0. The van der Waals surface area contributed by atoms with Crippen LogP contribution in [0.3, 0.4) is 0 Å². The molecule has 2 nitrogen and oxygen atoms in total. The van der Waals surface area contributed by atoms with E-state index in [-0.39, 0.29) is 0 Å². The van der Waals surface area contributed by atoms with E-state index in [1.54, 1.807) is 0 Å². The van der Waals surface area contributed by atoms with Crippen LogP contribution in [0, 0.1) is 0 Å². The molecule has 1 fully saturated rings. The maximum absolute atomic E-state index is 5.31. The van der Waals surface area contributed by atoms with Gasteiger partial charge in [0.25, 0.3) is 0 Å². The minimum absolute atomic E-state index is 0.701. The average Bonchev–Trinajstić information content (AvgIpc) is 2.70. The molecule has 2 heteroatoms. The molecule has 0 saturated heterocycles. The van der Waals surface area contributed by atoms with E-state index in [1.807, 2.05) is 6.92 Å². The molecule has 0 radical (unpaired) electrons. The number of hydrogen-bond donors (Lipinski definition) is 1. The predicted octanol–water partition coefficient (Wildman–Crippen LogP) is 1.33. The highest BCUT2D eigenvalue weighted by atomic mass is 16.5. The zero-order valence-corrected chi connectivity index (χ0v) is 7.23. The molecule has 0 aromatic heterocycles. The van der Waals surface area contributed by atoms with Crippen LogP contribution in [0.15, 0.2) is 12.2 Å². The summed E-state index contributed by atoms with van der Waals surface area (Å²) in [5, 5.41) is 3.38. The maximum Gasteiger partial charge on any atom is 0.0672 e. The lowest BCUT2D eigenvalue weighted by Crippen LogP contribution is -2.21. The van der Waals surface area contributed by atoms with Crippen LogP contribution in [0.4, 0.5) is 0 Å². The molecule has 1 aliphatic rings. The van der Waals surface area contributed by atoms with Gasteiger partial charge in [0.2, 0.25) is 0 Å². The minimum atomic E-state index is 0.701. The van der Waals surface area contributed by atoms with Crippen molar-refractivity contribution < 1.29 is 4.74 Å². The second kappa shape index (κ2) is 4.52. The first-order valence-corrected chi connectivity index (χ1v) is 4.24. The van der Waals surface area contributed by atoms with Gasteiger partial charge >= 0.3 is 0 Å². The quantitative estimate of drug-likeness (QED) is 0.461. The molecule has 1 N–H and O–H groups in total.